The molecule has 0 aromatic heterocycles. The van der Waals surface area contributed by atoms with Gasteiger partial charge in [-0.15, -0.1) is 0 Å². The number of benzene rings is 1. The lowest BCUT2D eigenvalue weighted by molar-refractivity contribution is -0.134. The second kappa shape index (κ2) is 13.1. The molecule has 0 N–H and O–H groups in total. The van der Waals surface area contributed by atoms with E-state index in [0.29, 0.717) is 29.6 Å². The number of nitrogens with zero attached hydrogens (tertiary/aromatic N) is 3. The van der Waals surface area contributed by atoms with E-state index in [1.165, 1.54) is 12.8 Å². The van der Waals surface area contributed by atoms with Gasteiger partial charge in [-0.05, 0) is 76.1 Å². The van der Waals surface area contributed by atoms with Crippen molar-refractivity contribution < 1.29 is 23.8 Å². The van der Waals surface area contributed by atoms with Crippen molar-refractivity contribution in [2.75, 3.05) is 72.2 Å². The minimum atomic E-state index is -0.00860. The molecular weight excluding hydrogens is 446 g/mol. The van der Waals surface area contributed by atoms with Gasteiger partial charge in [0.2, 0.25) is 0 Å². The fourth-order valence-electron chi connectivity index (χ4n) is 5.20. The lowest BCUT2D eigenvalue weighted by Gasteiger charge is -2.34. The highest BCUT2D eigenvalue weighted by molar-refractivity contribution is 5.95. The minimum Gasteiger partial charge on any atom is -0.490 e. The fourth-order valence-corrected chi connectivity index (χ4v) is 5.20. The molecule has 3 fully saturated rings. The summed E-state index contributed by atoms with van der Waals surface area (Å²) < 4.78 is 17.0. The SMILES string of the molecule is CCOc1cc(C(=O)N2CCC(CCN3CCOCC3)CC2)ccc1OCC(=O)N1CCCCC1. The van der Waals surface area contributed by atoms with Crippen LogP contribution in [0, 0.1) is 5.92 Å². The number of piperidine rings is 2. The molecule has 35 heavy (non-hydrogen) atoms. The summed E-state index contributed by atoms with van der Waals surface area (Å²) in [5.41, 5.74) is 0.606. The summed E-state index contributed by atoms with van der Waals surface area (Å²) in [4.78, 5) is 32.0. The van der Waals surface area contributed by atoms with Crippen molar-refractivity contribution in [3.05, 3.63) is 23.8 Å². The molecule has 0 bridgehead atoms. The van der Waals surface area contributed by atoms with Gasteiger partial charge >= 0.3 is 0 Å². The molecule has 1 aromatic carbocycles. The highest BCUT2D eigenvalue weighted by Crippen LogP contribution is 2.30. The van der Waals surface area contributed by atoms with Crippen molar-refractivity contribution in [3.63, 3.8) is 0 Å². The molecular formula is C27H41N3O5. The first-order chi connectivity index (χ1) is 17.1. The zero-order valence-corrected chi connectivity index (χ0v) is 21.2. The molecule has 0 radical (unpaired) electrons. The summed E-state index contributed by atoms with van der Waals surface area (Å²) in [6.45, 7) is 10.4. The van der Waals surface area contributed by atoms with E-state index < -0.39 is 0 Å². The first-order valence-electron chi connectivity index (χ1n) is 13.4. The van der Waals surface area contributed by atoms with Crippen LogP contribution in [0.25, 0.3) is 0 Å². The van der Waals surface area contributed by atoms with Crippen LogP contribution in [-0.4, -0.2) is 98.8 Å². The zero-order valence-electron chi connectivity index (χ0n) is 21.2. The molecule has 3 aliphatic rings. The number of ether oxygens (including phenoxy) is 3. The van der Waals surface area contributed by atoms with E-state index in [0.717, 1.165) is 84.7 Å². The molecule has 0 aliphatic carbocycles. The van der Waals surface area contributed by atoms with Crippen LogP contribution in [0.3, 0.4) is 0 Å². The van der Waals surface area contributed by atoms with Crippen molar-refractivity contribution in [1.29, 1.82) is 0 Å². The van der Waals surface area contributed by atoms with Crippen LogP contribution >= 0.6 is 0 Å². The van der Waals surface area contributed by atoms with Crippen molar-refractivity contribution >= 4 is 11.8 Å². The Balaban J connectivity index is 1.28. The van der Waals surface area contributed by atoms with Crippen molar-refractivity contribution in [2.45, 2.75) is 45.4 Å². The molecule has 8 heteroatoms. The summed E-state index contributed by atoms with van der Waals surface area (Å²) in [5, 5.41) is 0. The zero-order chi connectivity index (χ0) is 24.5. The van der Waals surface area contributed by atoms with Gasteiger partial charge in [0.05, 0.1) is 19.8 Å². The lowest BCUT2D eigenvalue weighted by Crippen LogP contribution is -2.40. The molecule has 3 heterocycles. The molecule has 0 unspecified atom stereocenters. The minimum absolute atomic E-state index is 0.00351. The number of likely N-dealkylation sites (tertiary alicyclic amines) is 2. The third-order valence-electron chi connectivity index (χ3n) is 7.41. The molecule has 0 spiro atoms. The van der Waals surface area contributed by atoms with E-state index in [4.69, 9.17) is 14.2 Å². The number of carbonyl (C=O) groups excluding carboxylic acids is 2. The van der Waals surface area contributed by atoms with Crippen LogP contribution in [0.15, 0.2) is 18.2 Å². The quantitative estimate of drug-likeness (QED) is 0.533. The van der Waals surface area contributed by atoms with Crippen LogP contribution in [-0.2, 0) is 9.53 Å². The predicted molar refractivity (Wildman–Crippen MR) is 134 cm³/mol. The summed E-state index contributed by atoms with van der Waals surface area (Å²) in [6.07, 6.45) is 6.58. The Labute approximate surface area is 209 Å². The van der Waals surface area contributed by atoms with Crippen molar-refractivity contribution in [2.24, 2.45) is 5.92 Å². The van der Waals surface area contributed by atoms with Gasteiger partial charge in [0.1, 0.15) is 0 Å². The standard InChI is InChI=1S/C27H41N3O5/c1-2-34-25-20-23(6-7-24(25)35-21-26(31)29-11-4-3-5-12-29)27(32)30-14-9-22(10-15-30)8-13-28-16-18-33-19-17-28/h6-7,20,22H,2-5,8-19,21H2,1H3. The average Bonchev–Trinajstić information content (AvgIpc) is 2.92. The third kappa shape index (κ3) is 7.34. The topological polar surface area (TPSA) is 71.5 Å². The van der Waals surface area contributed by atoms with Gasteiger partial charge in [0.15, 0.2) is 18.1 Å². The van der Waals surface area contributed by atoms with Crippen LogP contribution in [0.4, 0.5) is 0 Å². The number of morpholine rings is 1. The van der Waals surface area contributed by atoms with E-state index in [1.54, 1.807) is 18.2 Å². The van der Waals surface area contributed by atoms with Gasteiger partial charge in [-0.2, -0.15) is 0 Å². The largest absolute Gasteiger partial charge is 0.490 e. The Morgan fingerprint density at radius 1 is 0.914 bits per heavy atom. The number of hydrogen-bond acceptors (Lipinski definition) is 6. The number of rotatable bonds is 9. The van der Waals surface area contributed by atoms with Crippen LogP contribution in [0.5, 0.6) is 11.5 Å². The van der Waals surface area contributed by atoms with E-state index in [9.17, 15) is 9.59 Å². The highest BCUT2D eigenvalue weighted by atomic mass is 16.5. The van der Waals surface area contributed by atoms with Crippen molar-refractivity contribution in [1.82, 2.24) is 14.7 Å². The lowest BCUT2D eigenvalue weighted by atomic mass is 9.93. The summed E-state index contributed by atoms with van der Waals surface area (Å²) in [5.74, 6) is 1.74. The Bertz CT molecular complexity index is 828. The average molecular weight is 488 g/mol. The Morgan fingerprint density at radius 2 is 1.66 bits per heavy atom. The van der Waals surface area contributed by atoms with E-state index in [2.05, 4.69) is 4.90 Å². The first kappa shape index (κ1) is 25.8. The molecule has 3 saturated heterocycles. The van der Waals surface area contributed by atoms with Gasteiger partial charge in [-0.3, -0.25) is 14.5 Å². The van der Waals surface area contributed by atoms with Crippen LogP contribution in [0.2, 0.25) is 0 Å². The molecule has 0 saturated carbocycles. The van der Waals surface area contributed by atoms with Crippen LogP contribution < -0.4 is 9.47 Å². The third-order valence-corrected chi connectivity index (χ3v) is 7.41. The monoisotopic (exact) mass is 487 g/mol. The maximum Gasteiger partial charge on any atom is 0.260 e. The Kier molecular flexibility index (Phi) is 9.66. The second-order valence-electron chi connectivity index (χ2n) is 9.80. The molecule has 1 aromatic rings. The van der Waals surface area contributed by atoms with Gasteiger partial charge < -0.3 is 24.0 Å². The second-order valence-corrected chi connectivity index (χ2v) is 9.80. The molecule has 3 aliphatic heterocycles. The van der Waals surface area contributed by atoms with Crippen LogP contribution in [0.1, 0.15) is 55.8 Å². The summed E-state index contributed by atoms with van der Waals surface area (Å²) >= 11 is 0. The van der Waals surface area contributed by atoms with Crippen molar-refractivity contribution in [3.8, 4) is 11.5 Å². The maximum absolute atomic E-state index is 13.2. The van der Waals surface area contributed by atoms with Gasteiger partial charge in [-0.25, -0.2) is 0 Å². The van der Waals surface area contributed by atoms with E-state index >= 15 is 0 Å². The maximum atomic E-state index is 13.2. The first-order valence-corrected chi connectivity index (χ1v) is 13.4. The smallest absolute Gasteiger partial charge is 0.260 e. The van der Waals surface area contributed by atoms with Gasteiger partial charge in [-0.1, -0.05) is 0 Å². The Hall–Kier alpha value is -2.32. The van der Waals surface area contributed by atoms with Gasteiger partial charge in [0, 0.05) is 44.8 Å². The molecule has 0 atom stereocenters. The van der Waals surface area contributed by atoms with Gasteiger partial charge in [0.25, 0.3) is 11.8 Å². The summed E-state index contributed by atoms with van der Waals surface area (Å²) in [7, 11) is 0. The molecule has 194 valence electrons. The van der Waals surface area contributed by atoms with E-state index in [1.807, 2.05) is 16.7 Å². The number of hydrogen-bond donors (Lipinski definition) is 0. The summed E-state index contributed by atoms with van der Waals surface area (Å²) in [6, 6.07) is 5.31. The van der Waals surface area contributed by atoms with E-state index in [-0.39, 0.29) is 18.4 Å². The normalized spacial score (nSPS) is 20.0. The molecule has 8 nitrogen and oxygen atoms in total. The molecule has 4 rings (SSSR count). The number of carbonyl (C=O) groups is 2. The number of amides is 2. The highest BCUT2D eigenvalue weighted by Gasteiger charge is 2.25. The Morgan fingerprint density at radius 3 is 2.37 bits per heavy atom. The predicted octanol–water partition coefficient (Wildman–Crippen LogP) is 3.05. The fraction of sp³-hybridized carbons (Fsp3) is 0.704. The molecule has 2 amide bonds.